The maximum Gasteiger partial charge on any atom is 0.211 e. The maximum absolute atomic E-state index is 11.5. The van der Waals surface area contributed by atoms with Crippen LogP contribution < -0.4 is 4.74 Å². The summed E-state index contributed by atoms with van der Waals surface area (Å²) in [4.78, 5) is 2.29. The molecular formula is C14H22N2O3S. The molecule has 2 rings (SSSR count). The van der Waals surface area contributed by atoms with Crippen LogP contribution in [0.25, 0.3) is 0 Å². The minimum atomic E-state index is -3.07. The highest BCUT2D eigenvalue weighted by Gasteiger charge is 2.27. The molecule has 0 amide bonds. The number of ether oxygens (including phenoxy) is 1. The average Bonchev–Trinajstić information content (AvgIpc) is 2.45. The molecule has 1 aliphatic heterocycles. The highest BCUT2D eigenvalue weighted by Crippen LogP contribution is 2.29. The van der Waals surface area contributed by atoms with Crippen LogP contribution in [0.15, 0.2) is 24.3 Å². The lowest BCUT2D eigenvalue weighted by Crippen LogP contribution is -2.48. The van der Waals surface area contributed by atoms with Crippen LogP contribution in [0.5, 0.6) is 5.75 Å². The van der Waals surface area contributed by atoms with E-state index in [4.69, 9.17) is 4.74 Å². The van der Waals surface area contributed by atoms with Gasteiger partial charge in [0, 0.05) is 37.8 Å². The van der Waals surface area contributed by atoms with Crippen molar-refractivity contribution in [1.29, 1.82) is 0 Å². The number of piperazine rings is 1. The molecule has 6 heteroatoms. The van der Waals surface area contributed by atoms with E-state index in [9.17, 15) is 8.42 Å². The zero-order valence-electron chi connectivity index (χ0n) is 12.2. The number of para-hydroxylation sites is 1. The van der Waals surface area contributed by atoms with Crippen LogP contribution in [0.3, 0.4) is 0 Å². The summed E-state index contributed by atoms with van der Waals surface area (Å²) in [7, 11) is -1.40. The van der Waals surface area contributed by atoms with Gasteiger partial charge in [0.1, 0.15) is 5.75 Å². The minimum Gasteiger partial charge on any atom is -0.496 e. The molecule has 1 heterocycles. The maximum atomic E-state index is 11.5. The normalized spacial score (nSPS) is 19.8. The van der Waals surface area contributed by atoms with Gasteiger partial charge in [-0.1, -0.05) is 18.2 Å². The third-order valence-electron chi connectivity index (χ3n) is 3.88. The van der Waals surface area contributed by atoms with Crippen molar-refractivity contribution in [2.24, 2.45) is 0 Å². The molecule has 112 valence electrons. The molecule has 0 radical (unpaired) electrons. The summed E-state index contributed by atoms with van der Waals surface area (Å²) in [6.07, 6.45) is 1.27. The van der Waals surface area contributed by atoms with E-state index in [2.05, 4.69) is 17.9 Å². The second-order valence-corrected chi connectivity index (χ2v) is 7.10. The monoisotopic (exact) mass is 298 g/mol. The lowest BCUT2D eigenvalue weighted by molar-refractivity contribution is 0.144. The summed E-state index contributed by atoms with van der Waals surface area (Å²) >= 11 is 0. The van der Waals surface area contributed by atoms with Crippen LogP contribution in [0.1, 0.15) is 18.5 Å². The Balaban J connectivity index is 2.07. The van der Waals surface area contributed by atoms with Gasteiger partial charge in [-0.2, -0.15) is 4.31 Å². The van der Waals surface area contributed by atoms with Crippen molar-refractivity contribution in [3.8, 4) is 5.75 Å². The number of rotatable bonds is 4. The molecule has 1 aliphatic rings. The van der Waals surface area contributed by atoms with Crippen molar-refractivity contribution in [3.63, 3.8) is 0 Å². The van der Waals surface area contributed by atoms with Crippen molar-refractivity contribution in [2.75, 3.05) is 39.5 Å². The van der Waals surface area contributed by atoms with Gasteiger partial charge in [-0.15, -0.1) is 0 Å². The SMILES string of the molecule is COc1ccccc1[C@H](C)N1CCN(S(C)(=O)=O)CC1. The molecule has 1 atom stereocenters. The van der Waals surface area contributed by atoms with Crippen molar-refractivity contribution in [1.82, 2.24) is 9.21 Å². The van der Waals surface area contributed by atoms with E-state index >= 15 is 0 Å². The van der Waals surface area contributed by atoms with Gasteiger partial charge >= 0.3 is 0 Å². The minimum absolute atomic E-state index is 0.216. The first-order valence-electron chi connectivity index (χ1n) is 6.75. The van der Waals surface area contributed by atoms with E-state index in [0.29, 0.717) is 13.1 Å². The molecule has 0 unspecified atom stereocenters. The van der Waals surface area contributed by atoms with Gasteiger partial charge in [0.15, 0.2) is 0 Å². The lowest BCUT2D eigenvalue weighted by Gasteiger charge is -2.37. The zero-order valence-corrected chi connectivity index (χ0v) is 13.1. The van der Waals surface area contributed by atoms with E-state index in [1.54, 1.807) is 11.4 Å². The van der Waals surface area contributed by atoms with Gasteiger partial charge in [-0.3, -0.25) is 4.90 Å². The van der Waals surface area contributed by atoms with Crippen molar-refractivity contribution in [3.05, 3.63) is 29.8 Å². The molecule has 20 heavy (non-hydrogen) atoms. The first kappa shape index (κ1) is 15.3. The predicted octanol–water partition coefficient (Wildman–Crippen LogP) is 1.33. The van der Waals surface area contributed by atoms with Gasteiger partial charge in [-0.05, 0) is 13.0 Å². The Kier molecular flexibility index (Phi) is 4.67. The molecular weight excluding hydrogens is 276 g/mol. The lowest BCUT2D eigenvalue weighted by atomic mass is 10.1. The summed E-state index contributed by atoms with van der Waals surface area (Å²) in [6.45, 7) is 4.73. The summed E-state index contributed by atoms with van der Waals surface area (Å²) in [5, 5.41) is 0. The third kappa shape index (κ3) is 3.31. The fourth-order valence-electron chi connectivity index (χ4n) is 2.63. The van der Waals surface area contributed by atoms with E-state index in [-0.39, 0.29) is 6.04 Å². The molecule has 1 fully saturated rings. The molecule has 0 aliphatic carbocycles. The van der Waals surface area contributed by atoms with Crippen LogP contribution >= 0.6 is 0 Å². The van der Waals surface area contributed by atoms with E-state index < -0.39 is 10.0 Å². The summed E-state index contributed by atoms with van der Waals surface area (Å²) in [5.41, 5.74) is 1.14. The third-order valence-corrected chi connectivity index (χ3v) is 5.18. The molecule has 0 N–H and O–H groups in total. The Morgan fingerprint density at radius 3 is 2.30 bits per heavy atom. The summed E-state index contributed by atoms with van der Waals surface area (Å²) in [6, 6.07) is 8.19. The largest absolute Gasteiger partial charge is 0.496 e. The van der Waals surface area contributed by atoms with Gasteiger partial charge in [0.25, 0.3) is 0 Å². The van der Waals surface area contributed by atoms with Gasteiger partial charge in [0.05, 0.1) is 13.4 Å². The van der Waals surface area contributed by atoms with E-state index in [0.717, 1.165) is 24.4 Å². The van der Waals surface area contributed by atoms with Crippen molar-refractivity contribution < 1.29 is 13.2 Å². The van der Waals surface area contributed by atoms with Crippen LogP contribution in [0.4, 0.5) is 0 Å². The Labute approximate surface area is 121 Å². The molecule has 1 aromatic rings. The summed E-state index contributed by atoms with van der Waals surface area (Å²) in [5.74, 6) is 0.880. The average molecular weight is 298 g/mol. The van der Waals surface area contributed by atoms with Gasteiger partial charge in [-0.25, -0.2) is 8.42 Å². The molecule has 5 nitrogen and oxygen atoms in total. The topological polar surface area (TPSA) is 49.9 Å². The smallest absolute Gasteiger partial charge is 0.211 e. The number of hydrogen-bond donors (Lipinski definition) is 0. The quantitative estimate of drug-likeness (QED) is 0.841. The Morgan fingerprint density at radius 1 is 1.15 bits per heavy atom. The van der Waals surface area contributed by atoms with E-state index in [1.165, 1.54) is 6.26 Å². The van der Waals surface area contributed by atoms with Crippen LogP contribution in [-0.2, 0) is 10.0 Å². The second kappa shape index (κ2) is 6.11. The van der Waals surface area contributed by atoms with Crippen molar-refractivity contribution in [2.45, 2.75) is 13.0 Å². The highest BCUT2D eigenvalue weighted by atomic mass is 32.2. The van der Waals surface area contributed by atoms with Gasteiger partial charge < -0.3 is 4.74 Å². The Bertz CT molecular complexity index is 551. The Morgan fingerprint density at radius 2 is 1.75 bits per heavy atom. The first-order valence-corrected chi connectivity index (χ1v) is 8.60. The highest BCUT2D eigenvalue weighted by molar-refractivity contribution is 7.88. The van der Waals surface area contributed by atoms with E-state index in [1.807, 2.05) is 18.2 Å². The molecule has 1 saturated heterocycles. The fraction of sp³-hybridized carbons (Fsp3) is 0.571. The molecule has 1 aromatic carbocycles. The fourth-order valence-corrected chi connectivity index (χ4v) is 3.46. The molecule has 0 saturated carbocycles. The molecule has 0 spiro atoms. The predicted molar refractivity (Wildman–Crippen MR) is 79.4 cm³/mol. The summed E-state index contributed by atoms with van der Waals surface area (Å²) < 4.78 is 30.0. The zero-order chi connectivity index (χ0) is 14.8. The number of sulfonamides is 1. The molecule has 0 bridgehead atoms. The first-order chi connectivity index (χ1) is 9.43. The van der Waals surface area contributed by atoms with Crippen LogP contribution in [0.2, 0.25) is 0 Å². The van der Waals surface area contributed by atoms with Crippen LogP contribution in [-0.4, -0.2) is 57.2 Å². The van der Waals surface area contributed by atoms with Crippen molar-refractivity contribution >= 4 is 10.0 Å². The number of methoxy groups -OCH3 is 1. The number of hydrogen-bond acceptors (Lipinski definition) is 4. The Hall–Kier alpha value is -1.11. The second-order valence-electron chi connectivity index (χ2n) is 5.12. The standard InChI is InChI=1S/C14H22N2O3S/c1-12(13-6-4-5-7-14(13)19-2)15-8-10-16(11-9-15)20(3,17)18/h4-7,12H,8-11H2,1-3H3/t12-/m0/s1. The van der Waals surface area contributed by atoms with Crippen LogP contribution in [0, 0.1) is 0 Å². The number of benzene rings is 1. The number of nitrogens with zero attached hydrogens (tertiary/aromatic N) is 2. The van der Waals surface area contributed by atoms with Gasteiger partial charge in [0.2, 0.25) is 10.0 Å². The molecule has 0 aromatic heterocycles.